The van der Waals surface area contributed by atoms with E-state index in [-0.39, 0.29) is 17.1 Å². The van der Waals surface area contributed by atoms with Crippen LogP contribution in [-0.4, -0.2) is 45.2 Å². The van der Waals surface area contributed by atoms with Gasteiger partial charge >= 0.3 is 5.97 Å². The van der Waals surface area contributed by atoms with E-state index >= 15 is 0 Å². The van der Waals surface area contributed by atoms with Crippen LogP contribution in [-0.2, 0) is 24.2 Å². The molecule has 31 heavy (non-hydrogen) atoms. The van der Waals surface area contributed by atoms with Crippen molar-refractivity contribution in [1.82, 2.24) is 0 Å². The van der Waals surface area contributed by atoms with Gasteiger partial charge in [-0.15, -0.1) is 0 Å². The molecular weight excluding hydrogens is 416 g/mol. The Morgan fingerprint density at radius 2 is 1.65 bits per heavy atom. The van der Waals surface area contributed by atoms with Crippen LogP contribution in [0.4, 0.5) is 11.4 Å². The number of rotatable bonds is 10. The van der Waals surface area contributed by atoms with Gasteiger partial charge in [-0.05, 0) is 64.1 Å². The van der Waals surface area contributed by atoms with Crippen molar-refractivity contribution in [1.29, 1.82) is 0 Å². The van der Waals surface area contributed by atoms with E-state index in [1.54, 1.807) is 24.3 Å². The molecule has 0 aliphatic heterocycles. The Hall–Kier alpha value is -2.87. The summed E-state index contributed by atoms with van der Waals surface area (Å²) in [6, 6.07) is 14.2. The number of benzene rings is 2. The summed E-state index contributed by atoms with van der Waals surface area (Å²) >= 11 is 0. The molecule has 7 nitrogen and oxygen atoms in total. The topological polar surface area (TPSA) is 92.8 Å². The number of sulfone groups is 1. The van der Waals surface area contributed by atoms with Gasteiger partial charge in [-0.25, -0.2) is 8.42 Å². The SMILES string of the molecule is CCN(c1ccc(NC(=O)COC(=O)CCS(=O)(=O)c2ccc(C)cc2)cc1)C(C)C. The van der Waals surface area contributed by atoms with Crippen molar-refractivity contribution in [3.8, 4) is 0 Å². The van der Waals surface area contributed by atoms with E-state index in [2.05, 4.69) is 31.0 Å². The van der Waals surface area contributed by atoms with Crippen LogP contribution in [0.3, 0.4) is 0 Å². The summed E-state index contributed by atoms with van der Waals surface area (Å²) in [5.74, 6) is -1.60. The molecule has 0 bridgehead atoms. The molecule has 0 atom stereocenters. The first kappa shape index (κ1) is 24.4. The van der Waals surface area contributed by atoms with E-state index in [4.69, 9.17) is 4.74 Å². The van der Waals surface area contributed by atoms with Gasteiger partial charge in [0.1, 0.15) is 0 Å². The van der Waals surface area contributed by atoms with Crippen LogP contribution in [0.1, 0.15) is 32.8 Å². The molecule has 0 heterocycles. The van der Waals surface area contributed by atoms with Crippen LogP contribution < -0.4 is 10.2 Å². The van der Waals surface area contributed by atoms with Gasteiger partial charge < -0.3 is 15.0 Å². The van der Waals surface area contributed by atoms with Gasteiger partial charge in [0.2, 0.25) is 0 Å². The first-order valence-corrected chi connectivity index (χ1v) is 11.9. The minimum Gasteiger partial charge on any atom is -0.456 e. The molecule has 0 saturated heterocycles. The molecule has 0 aromatic heterocycles. The second-order valence-corrected chi connectivity index (χ2v) is 9.63. The van der Waals surface area contributed by atoms with Crippen LogP contribution in [0.2, 0.25) is 0 Å². The number of carbonyl (C=O) groups excluding carboxylic acids is 2. The summed E-state index contributed by atoms with van der Waals surface area (Å²) in [6.45, 7) is 8.56. The van der Waals surface area contributed by atoms with Gasteiger partial charge in [-0.1, -0.05) is 17.7 Å². The molecule has 0 fully saturated rings. The van der Waals surface area contributed by atoms with Gasteiger partial charge in [0, 0.05) is 24.0 Å². The fraction of sp³-hybridized carbons (Fsp3) is 0.391. The summed E-state index contributed by atoms with van der Waals surface area (Å²) < 4.78 is 29.5. The normalized spacial score (nSPS) is 11.3. The largest absolute Gasteiger partial charge is 0.456 e. The smallest absolute Gasteiger partial charge is 0.307 e. The van der Waals surface area contributed by atoms with Crippen LogP contribution in [0.25, 0.3) is 0 Å². The van der Waals surface area contributed by atoms with Gasteiger partial charge in [0.05, 0.1) is 17.1 Å². The lowest BCUT2D eigenvalue weighted by atomic mass is 10.2. The number of hydrogen-bond acceptors (Lipinski definition) is 6. The summed E-state index contributed by atoms with van der Waals surface area (Å²) in [5, 5.41) is 2.66. The van der Waals surface area contributed by atoms with Gasteiger partial charge in [0.25, 0.3) is 5.91 Å². The Labute approximate surface area is 184 Å². The van der Waals surface area contributed by atoms with Crippen molar-refractivity contribution < 1.29 is 22.7 Å². The van der Waals surface area contributed by atoms with Crippen LogP contribution in [0.5, 0.6) is 0 Å². The van der Waals surface area contributed by atoms with E-state index in [0.717, 1.165) is 17.8 Å². The van der Waals surface area contributed by atoms with E-state index in [0.29, 0.717) is 11.7 Å². The predicted octanol–water partition coefficient (Wildman–Crippen LogP) is 3.58. The minimum absolute atomic E-state index is 0.159. The zero-order valence-electron chi connectivity index (χ0n) is 18.4. The lowest BCUT2D eigenvalue weighted by Crippen LogP contribution is -2.30. The molecule has 2 rings (SSSR count). The molecule has 2 aromatic rings. The predicted molar refractivity (Wildman–Crippen MR) is 122 cm³/mol. The van der Waals surface area contributed by atoms with E-state index < -0.39 is 28.3 Å². The molecule has 0 radical (unpaired) electrons. The van der Waals surface area contributed by atoms with Crippen LogP contribution >= 0.6 is 0 Å². The molecule has 168 valence electrons. The first-order chi connectivity index (χ1) is 14.6. The van der Waals surface area contributed by atoms with Gasteiger partial charge in [0.15, 0.2) is 16.4 Å². The average molecular weight is 447 g/mol. The number of anilines is 2. The molecular formula is C23H30N2O5S. The number of aryl methyl sites for hydroxylation is 1. The summed E-state index contributed by atoms with van der Waals surface area (Å²) in [4.78, 5) is 26.3. The maximum atomic E-state index is 12.3. The third kappa shape index (κ3) is 7.40. The average Bonchev–Trinajstić information content (AvgIpc) is 2.72. The Morgan fingerprint density at radius 1 is 1.03 bits per heavy atom. The monoisotopic (exact) mass is 446 g/mol. The molecule has 0 saturated carbocycles. The van der Waals surface area contributed by atoms with Gasteiger partial charge in [-0.2, -0.15) is 0 Å². The zero-order chi connectivity index (χ0) is 23.0. The Kier molecular flexibility index (Phi) is 8.62. The highest BCUT2D eigenvalue weighted by molar-refractivity contribution is 7.91. The van der Waals surface area contributed by atoms with E-state index in [1.165, 1.54) is 12.1 Å². The zero-order valence-corrected chi connectivity index (χ0v) is 19.2. The Bertz CT molecular complexity index is 984. The molecule has 1 N–H and O–H groups in total. The standard InChI is InChI=1S/C23H30N2O5S/c1-5-25(17(2)3)20-10-8-19(9-11-20)24-22(26)16-30-23(27)14-15-31(28,29)21-12-6-18(4)7-13-21/h6-13,17H,5,14-16H2,1-4H3,(H,24,26). The molecule has 0 aliphatic carbocycles. The second kappa shape index (κ2) is 10.9. The number of esters is 1. The maximum absolute atomic E-state index is 12.3. The van der Waals surface area contributed by atoms with Crippen molar-refractivity contribution in [2.75, 3.05) is 29.1 Å². The number of nitrogens with zero attached hydrogens (tertiary/aromatic N) is 1. The van der Waals surface area contributed by atoms with E-state index in [9.17, 15) is 18.0 Å². The van der Waals surface area contributed by atoms with Crippen molar-refractivity contribution >= 4 is 33.1 Å². The van der Waals surface area contributed by atoms with Crippen molar-refractivity contribution in [2.24, 2.45) is 0 Å². The fourth-order valence-corrected chi connectivity index (χ4v) is 4.30. The highest BCUT2D eigenvalue weighted by Gasteiger charge is 2.18. The molecule has 0 unspecified atom stereocenters. The number of hydrogen-bond donors (Lipinski definition) is 1. The van der Waals surface area contributed by atoms with Crippen LogP contribution in [0.15, 0.2) is 53.4 Å². The third-order valence-electron chi connectivity index (χ3n) is 4.77. The second-order valence-electron chi connectivity index (χ2n) is 7.52. The number of nitrogens with one attached hydrogen (secondary N) is 1. The third-order valence-corrected chi connectivity index (χ3v) is 6.50. The van der Waals surface area contributed by atoms with E-state index in [1.807, 2.05) is 19.1 Å². The van der Waals surface area contributed by atoms with Crippen LogP contribution in [0, 0.1) is 6.92 Å². The lowest BCUT2D eigenvalue weighted by molar-refractivity contribution is -0.146. The fourth-order valence-electron chi connectivity index (χ4n) is 3.08. The number of amides is 1. The quantitative estimate of drug-likeness (QED) is 0.561. The molecule has 0 spiro atoms. The summed E-state index contributed by atoms with van der Waals surface area (Å²) in [7, 11) is -3.58. The molecule has 8 heteroatoms. The summed E-state index contributed by atoms with van der Waals surface area (Å²) in [5.41, 5.74) is 2.59. The van der Waals surface area contributed by atoms with Crippen molar-refractivity contribution in [3.63, 3.8) is 0 Å². The first-order valence-electron chi connectivity index (χ1n) is 10.2. The minimum atomic E-state index is -3.58. The van der Waals surface area contributed by atoms with Gasteiger partial charge in [-0.3, -0.25) is 9.59 Å². The van der Waals surface area contributed by atoms with Crippen molar-refractivity contribution in [3.05, 3.63) is 54.1 Å². The van der Waals surface area contributed by atoms with Crippen molar-refractivity contribution in [2.45, 2.75) is 45.1 Å². The number of ether oxygens (including phenoxy) is 1. The lowest BCUT2D eigenvalue weighted by Gasteiger charge is -2.27. The Morgan fingerprint density at radius 3 is 2.19 bits per heavy atom. The summed E-state index contributed by atoms with van der Waals surface area (Å²) in [6.07, 6.45) is -0.319. The number of carbonyl (C=O) groups is 2. The maximum Gasteiger partial charge on any atom is 0.307 e. The Balaban J connectivity index is 1.80. The highest BCUT2D eigenvalue weighted by Crippen LogP contribution is 2.20. The molecule has 1 amide bonds. The molecule has 0 aliphatic rings. The highest BCUT2D eigenvalue weighted by atomic mass is 32.2. The molecule has 2 aromatic carbocycles.